The maximum absolute atomic E-state index is 12.3. The molecule has 1 aromatic carbocycles. The quantitative estimate of drug-likeness (QED) is 0.879. The third-order valence-corrected chi connectivity index (χ3v) is 4.78. The van der Waals surface area contributed by atoms with Crippen LogP contribution in [0, 0.1) is 5.92 Å². The fraction of sp³-hybridized carbons (Fsp3) is 0.400. The van der Waals surface area contributed by atoms with Crippen molar-refractivity contribution in [1.29, 1.82) is 0 Å². The van der Waals surface area contributed by atoms with Gasteiger partial charge < -0.3 is 14.8 Å². The van der Waals surface area contributed by atoms with E-state index >= 15 is 0 Å². The van der Waals surface area contributed by atoms with Crippen molar-refractivity contribution in [2.24, 2.45) is 5.92 Å². The van der Waals surface area contributed by atoms with Gasteiger partial charge in [0.15, 0.2) is 0 Å². The summed E-state index contributed by atoms with van der Waals surface area (Å²) in [5, 5.41) is 3.01. The zero-order chi connectivity index (χ0) is 17.5. The van der Waals surface area contributed by atoms with Crippen LogP contribution in [-0.4, -0.2) is 34.4 Å². The number of aryl methyl sites for hydroxylation is 1. The molecule has 5 nitrogen and oxygen atoms in total. The summed E-state index contributed by atoms with van der Waals surface area (Å²) >= 11 is 0. The second-order valence-electron chi connectivity index (χ2n) is 6.53. The standard InChI is InChI=1S/C20H25N3O2/c24-19(10-13-22-11-4-5-12-22)23-14-8-18(9-15-23)20(25)21-16-17-6-2-1-3-7-17/h1-7,11-12,18H,8-10,13-16H2,(H,21,25). The summed E-state index contributed by atoms with van der Waals surface area (Å²) in [5.41, 5.74) is 1.11. The number of aromatic nitrogens is 1. The number of rotatable bonds is 6. The van der Waals surface area contributed by atoms with E-state index in [9.17, 15) is 9.59 Å². The van der Waals surface area contributed by atoms with Crippen molar-refractivity contribution in [2.45, 2.75) is 32.4 Å². The van der Waals surface area contributed by atoms with Crippen molar-refractivity contribution < 1.29 is 9.59 Å². The SMILES string of the molecule is O=C(NCc1ccccc1)C1CCN(C(=O)CCn2cccc2)CC1. The average molecular weight is 339 g/mol. The normalized spacial score (nSPS) is 15.1. The summed E-state index contributed by atoms with van der Waals surface area (Å²) < 4.78 is 2.02. The van der Waals surface area contributed by atoms with E-state index in [4.69, 9.17) is 0 Å². The van der Waals surface area contributed by atoms with Crippen molar-refractivity contribution in [3.63, 3.8) is 0 Å². The van der Waals surface area contributed by atoms with Crippen molar-refractivity contribution in [1.82, 2.24) is 14.8 Å². The number of carbonyl (C=O) groups is 2. The summed E-state index contributed by atoms with van der Waals surface area (Å²) in [7, 11) is 0. The summed E-state index contributed by atoms with van der Waals surface area (Å²) in [6, 6.07) is 13.8. The van der Waals surface area contributed by atoms with Gasteiger partial charge in [-0.05, 0) is 30.5 Å². The average Bonchev–Trinajstić information content (AvgIpc) is 3.19. The molecule has 1 aliphatic heterocycles. The maximum Gasteiger partial charge on any atom is 0.224 e. The van der Waals surface area contributed by atoms with Gasteiger partial charge in [0.1, 0.15) is 0 Å². The Bertz CT molecular complexity index is 674. The Morgan fingerprint density at radius 1 is 1.00 bits per heavy atom. The third-order valence-electron chi connectivity index (χ3n) is 4.78. The minimum atomic E-state index is 0.0113. The molecule has 2 heterocycles. The zero-order valence-electron chi connectivity index (χ0n) is 14.4. The van der Waals surface area contributed by atoms with Crippen molar-refractivity contribution in [2.75, 3.05) is 13.1 Å². The van der Waals surface area contributed by atoms with Crippen LogP contribution in [-0.2, 0) is 22.7 Å². The van der Waals surface area contributed by atoms with Crippen LogP contribution in [0.2, 0.25) is 0 Å². The lowest BCUT2D eigenvalue weighted by Gasteiger charge is -2.31. The van der Waals surface area contributed by atoms with Crippen LogP contribution < -0.4 is 5.32 Å². The smallest absolute Gasteiger partial charge is 0.224 e. The minimum absolute atomic E-state index is 0.0113. The highest BCUT2D eigenvalue weighted by atomic mass is 16.2. The van der Waals surface area contributed by atoms with E-state index in [0.29, 0.717) is 32.6 Å². The van der Waals surface area contributed by atoms with Crippen LogP contribution in [0.1, 0.15) is 24.8 Å². The molecule has 25 heavy (non-hydrogen) atoms. The van der Waals surface area contributed by atoms with Gasteiger partial charge in [-0.2, -0.15) is 0 Å². The van der Waals surface area contributed by atoms with Gasteiger partial charge in [-0.25, -0.2) is 0 Å². The molecule has 0 spiro atoms. The molecule has 1 saturated heterocycles. The first-order chi connectivity index (χ1) is 12.2. The molecule has 1 N–H and O–H groups in total. The number of amides is 2. The Balaban J connectivity index is 1.38. The number of carbonyl (C=O) groups excluding carboxylic acids is 2. The number of likely N-dealkylation sites (tertiary alicyclic amines) is 1. The fourth-order valence-corrected chi connectivity index (χ4v) is 3.22. The Kier molecular flexibility index (Phi) is 5.88. The van der Waals surface area contributed by atoms with Gasteiger partial charge in [-0.15, -0.1) is 0 Å². The van der Waals surface area contributed by atoms with E-state index in [1.165, 1.54) is 0 Å². The van der Waals surface area contributed by atoms with Gasteiger partial charge >= 0.3 is 0 Å². The highest BCUT2D eigenvalue weighted by molar-refractivity contribution is 5.80. The molecule has 0 atom stereocenters. The molecule has 1 fully saturated rings. The molecular formula is C20H25N3O2. The molecule has 2 aromatic rings. The fourth-order valence-electron chi connectivity index (χ4n) is 3.22. The Labute approximate surface area is 148 Å². The number of piperidine rings is 1. The molecule has 1 aliphatic rings. The summed E-state index contributed by atoms with van der Waals surface area (Å²) in [6.45, 7) is 2.63. The lowest BCUT2D eigenvalue weighted by Crippen LogP contribution is -2.43. The first-order valence-corrected chi connectivity index (χ1v) is 8.92. The minimum Gasteiger partial charge on any atom is -0.354 e. The molecule has 0 radical (unpaired) electrons. The van der Waals surface area contributed by atoms with Crippen LogP contribution in [0.5, 0.6) is 0 Å². The van der Waals surface area contributed by atoms with Gasteiger partial charge in [0, 0.05) is 50.9 Å². The second-order valence-corrected chi connectivity index (χ2v) is 6.53. The van der Waals surface area contributed by atoms with E-state index in [-0.39, 0.29) is 17.7 Å². The predicted octanol–water partition coefficient (Wildman–Crippen LogP) is 2.43. The van der Waals surface area contributed by atoms with Crippen molar-refractivity contribution >= 4 is 11.8 Å². The highest BCUT2D eigenvalue weighted by Crippen LogP contribution is 2.18. The maximum atomic E-state index is 12.3. The van der Waals surface area contributed by atoms with Crippen LogP contribution in [0.15, 0.2) is 54.9 Å². The van der Waals surface area contributed by atoms with Gasteiger partial charge in [-0.1, -0.05) is 30.3 Å². The number of nitrogens with zero attached hydrogens (tertiary/aromatic N) is 2. The van der Waals surface area contributed by atoms with E-state index in [0.717, 1.165) is 18.4 Å². The molecule has 1 aromatic heterocycles. The molecule has 2 amide bonds. The number of nitrogens with one attached hydrogen (secondary N) is 1. The predicted molar refractivity (Wildman–Crippen MR) is 96.6 cm³/mol. The van der Waals surface area contributed by atoms with E-state index in [2.05, 4.69) is 5.32 Å². The monoisotopic (exact) mass is 339 g/mol. The molecule has 0 saturated carbocycles. The number of benzene rings is 1. The summed E-state index contributed by atoms with van der Waals surface area (Å²) in [6.07, 6.45) is 5.94. The van der Waals surface area contributed by atoms with E-state index in [1.807, 2.05) is 64.3 Å². The van der Waals surface area contributed by atoms with Crippen molar-refractivity contribution in [3.8, 4) is 0 Å². The number of hydrogen-bond donors (Lipinski definition) is 1. The Hall–Kier alpha value is -2.56. The summed E-state index contributed by atoms with van der Waals surface area (Å²) in [5.74, 6) is 0.289. The number of hydrogen-bond acceptors (Lipinski definition) is 2. The molecule has 132 valence electrons. The largest absolute Gasteiger partial charge is 0.354 e. The molecule has 3 rings (SSSR count). The first kappa shape index (κ1) is 17.3. The van der Waals surface area contributed by atoms with E-state index in [1.54, 1.807) is 0 Å². The van der Waals surface area contributed by atoms with Gasteiger partial charge in [0.2, 0.25) is 11.8 Å². The van der Waals surface area contributed by atoms with Gasteiger partial charge in [0.05, 0.1) is 0 Å². The second kappa shape index (κ2) is 8.51. The first-order valence-electron chi connectivity index (χ1n) is 8.92. The molecule has 0 bridgehead atoms. The molecule has 0 aliphatic carbocycles. The Morgan fingerprint density at radius 2 is 1.68 bits per heavy atom. The zero-order valence-corrected chi connectivity index (χ0v) is 14.4. The molecule has 5 heteroatoms. The van der Waals surface area contributed by atoms with Crippen LogP contribution in [0.4, 0.5) is 0 Å². The topological polar surface area (TPSA) is 54.3 Å². The van der Waals surface area contributed by atoms with Gasteiger partial charge in [-0.3, -0.25) is 9.59 Å². The lowest BCUT2D eigenvalue weighted by molar-refractivity contribution is -0.135. The lowest BCUT2D eigenvalue weighted by atomic mass is 9.95. The van der Waals surface area contributed by atoms with Crippen molar-refractivity contribution in [3.05, 3.63) is 60.4 Å². The van der Waals surface area contributed by atoms with Crippen LogP contribution in [0.25, 0.3) is 0 Å². The molecular weight excluding hydrogens is 314 g/mol. The molecule has 0 unspecified atom stereocenters. The Morgan fingerprint density at radius 3 is 2.36 bits per heavy atom. The van der Waals surface area contributed by atoms with Crippen LogP contribution in [0.3, 0.4) is 0 Å². The van der Waals surface area contributed by atoms with Gasteiger partial charge in [0.25, 0.3) is 0 Å². The highest BCUT2D eigenvalue weighted by Gasteiger charge is 2.26. The van der Waals surface area contributed by atoms with Crippen LogP contribution >= 0.6 is 0 Å². The third kappa shape index (κ3) is 4.95. The summed E-state index contributed by atoms with van der Waals surface area (Å²) in [4.78, 5) is 26.5. The van der Waals surface area contributed by atoms with E-state index < -0.39 is 0 Å².